The number of fused-ring (bicyclic) bond motifs is 1. The van der Waals surface area contributed by atoms with Crippen LogP contribution in [0.4, 0.5) is 5.69 Å². The van der Waals surface area contributed by atoms with E-state index in [2.05, 4.69) is 0 Å². The minimum atomic E-state index is -3.51. The van der Waals surface area contributed by atoms with Gasteiger partial charge in [-0.3, -0.25) is 4.79 Å². The van der Waals surface area contributed by atoms with Crippen LogP contribution in [0.25, 0.3) is 0 Å². The molecule has 1 amide bonds. The van der Waals surface area contributed by atoms with Crippen molar-refractivity contribution >= 4 is 33.2 Å². The Labute approximate surface area is 170 Å². The molecule has 1 aliphatic rings. The highest BCUT2D eigenvalue weighted by Crippen LogP contribution is 2.33. The number of halogens is 1. The molecular weight excluding hydrogens is 400 g/mol. The molecule has 0 fully saturated rings. The molecule has 0 bridgehead atoms. The summed E-state index contributed by atoms with van der Waals surface area (Å²) in [5.41, 5.74) is 0.457. The third-order valence-corrected chi connectivity index (χ3v) is 6.73. The number of benzene rings is 2. The van der Waals surface area contributed by atoms with E-state index in [1.54, 1.807) is 55.1 Å². The number of anilines is 1. The summed E-state index contributed by atoms with van der Waals surface area (Å²) in [7, 11) is -0.524. The van der Waals surface area contributed by atoms with E-state index in [0.717, 1.165) is 11.3 Å². The van der Waals surface area contributed by atoms with Gasteiger partial charge in [-0.2, -0.15) is 0 Å². The zero-order valence-corrected chi connectivity index (χ0v) is 17.8. The van der Waals surface area contributed by atoms with Crippen molar-refractivity contribution in [2.75, 3.05) is 25.5 Å². The Kier molecular flexibility index (Phi) is 5.44. The fourth-order valence-electron chi connectivity index (χ4n) is 3.13. The van der Waals surface area contributed by atoms with Gasteiger partial charge in [-0.1, -0.05) is 11.6 Å². The predicted octanol–water partition coefficient (Wildman–Crippen LogP) is 3.34. The second kappa shape index (κ2) is 7.39. The molecule has 2 aromatic rings. The van der Waals surface area contributed by atoms with E-state index < -0.39 is 15.6 Å². The second-order valence-electron chi connectivity index (χ2n) is 7.35. The van der Waals surface area contributed by atoms with Crippen LogP contribution >= 0.6 is 11.6 Å². The van der Waals surface area contributed by atoms with E-state index in [0.29, 0.717) is 23.7 Å². The summed E-state index contributed by atoms with van der Waals surface area (Å²) in [6, 6.07) is 11.7. The number of carbonyl (C=O) groups excluding carboxylic acids is 1. The summed E-state index contributed by atoms with van der Waals surface area (Å²) in [5, 5.41) is 0.591. The Bertz CT molecular complexity index is 1000. The summed E-state index contributed by atoms with van der Waals surface area (Å²) < 4.78 is 31.8. The zero-order valence-electron chi connectivity index (χ0n) is 16.3. The van der Waals surface area contributed by atoms with Crippen molar-refractivity contribution in [2.45, 2.75) is 30.8 Å². The van der Waals surface area contributed by atoms with Crippen molar-refractivity contribution in [1.82, 2.24) is 4.31 Å². The minimum Gasteiger partial charge on any atom is -0.478 e. The van der Waals surface area contributed by atoms with Crippen LogP contribution in [0.5, 0.6) is 5.75 Å². The number of rotatable bonds is 5. The van der Waals surface area contributed by atoms with Crippen molar-refractivity contribution in [3.8, 4) is 5.75 Å². The highest BCUT2D eigenvalue weighted by atomic mass is 35.5. The molecule has 0 saturated carbocycles. The molecule has 0 atom stereocenters. The fourth-order valence-corrected chi connectivity index (χ4v) is 4.21. The number of amides is 1. The summed E-state index contributed by atoms with van der Waals surface area (Å²) >= 11 is 5.89. The normalized spacial score (nSPS) is 14.3. The molecular formula is C20H23ClN2O4S. The molecule has 1 heterocycles. The zero-order chi connectivity index (χ0) is 20.7. The lowest BCUT2D eigenvalue weighted by molar-refractivity contribution is -0.131. The quantitative estimate of drug-likeness (QED) is 0.741. The van der Waals surface area contributed by atoms with Crippen LogP contribution in [0, 0.1) is 0 Å². The van der Waals surface area contributed by atoms with Crippen molar-refractivity contribution in [2.24, 2.45) is 0 Å². The number of hydrogen-bond acceptors (Lipinski definition) is 4. The standard InChI is InChI=1S/C20H23ClN2O4S/c1-20(2,27-16-7-5-15(21)6-8-16)19(24)23-12-11-14-13-17(9-10-18(14)23)28(25,26)22(3)4/h5-10,13H,11-12H2,1-4H3. The van der Waals surface area contributed by atoms with Crippen molar-refractivity contribution in [1.29, 1.82) is 0 Å². The first kappa shape index (κ1) is 20.6. The average molecular weight is 423 g/mol. The summed E-state index contributed by atoms with van der Waals surface area (Å²) in [6.45, 7) is 3.91. The van der Waals surface area contributed by atoms with Gasteiger partial charge in [0, 0.05) is 31.4 Å². The molecule has 0 N–H and O–H groups in total. The molecule has 0 saturated heterocycles. The van der Waals surface area contributed by atoms with Crippen LogP contribution in [0.2, 0.25) is 5.02 Å². The van der Waals surface area contributed by atoms with Gasteiger partial charge in [0.2, 0.25) is 10.0 Å². The third-order valence-electron chi connectivity index (χ3n) is 4.67. The van der Waals surface area contributed by atoms with Gasteiger partial charge in [0.15, 0.2) is 5.60 Å². The van der Waals surface area contributed by atoms with Crippen molar-refractivity contribution < 1.29 is 17.9 Å². The van der Waals surface area contributed by atoms with Crippen LogP contribution in [0.1, 0.15) is 19.4 Å². The van der Waals surface area contributed by atoms with E-state index in [9.17, 15) is 13.2 Å². The van der Waals surface area contributed by atoms with Crippen molar-refractivity contribution in [3.05, 3.63) is 53.1 Å². The first-order valence-electron chi connectivity index (χ1n) is 8.84. The van der Waals surface area contributed by atoms with Gasteiger partial charge in [0.25, 0.3) is 5.91 Å². The van der Waals surface area contributed by atoms with Gasteiger partial charge in [-0.15, -0.1) is 0 Å². The number of carbonyl (C=O) groups is 1. The fraction of sp³-hybridized carbons (Fsp3) is 0.350. The molecule has 2 aromatic carbocycles. The monoisotopic (exact) mass is 422 g/mol. The largest absolute Gasteiger partial charge is 0.478 e. The molecule has 0 radical (unpaired) electrons. The van der Waals surface area contributed by atoms with Gasteiger partial charge in [-0.05, 0) is 68.3 Å². The molecule has 3 rings (SSSR count). The van der Waals surface area contributed by atoms with Crippen LogP contribution in [-0.4, -0.2) is 44.9 Å². The Morgan fingerprint density at radius 1 is 1.14 bits per heavy atom. The molecule has 0 spiro atoms. The highest BCUT2D eigenvalue weighted by Gasteiger charge is 2.38. The number of sulfonamides is 1. The maximum absolute atomic E-state index is 13.1. The van der Waals surface area contributed by atoms with E-state index in [-0.39, 0.29) is 10.8 Å². The Balaban J connectivity index is 1.84. The Morgan fingerprint density at radius 3 is 2.39 bits per heavy atom. The summed E-state index contributed by atoms with van der Waals surface area (Å²) in [6.07, 6.45) is 0.592. The predicted molar refractivity (Wildman–Crippen MR) is 110 cm³/mol. The summed E-state index contributed by atoms with van der Waals surface area (Å²) in [4.78, 5) is 15.0. The maximum atomic E-state index is 13.1. The maximum Gasteiger partial charge on any atom is 0.270 e. The van der Waals surface area contributed by atoms with Gasteiger partial charge < -0.3 is 9.64 Å². The molecule has 0 unspecified atom stereocenters. The topological polar surface area (TPSA) is 66.9 Å². The first-order chi connectivity index (χ1) is 13.0. The second-order valence-corrected chi connectivity index (χ2v) is 9.94. The lowest BCUT2D eigenvalue weighted by Crippen LogP contribution is -2.48. The molecule has 6 nitrogen and oxygen atoms in total. The molecule has 1 aliphatic heterocycles. The van der Waals surface area contributed by atoms with Crippen LogP contribution in [0.15, 0.2) is 47.4 Å². The smallest absolute Gasteiger partial charge is 0.270 e. The van der Waals surface area contributed by atoms with E-state index in [1.165, 1.54) is 24.5 Å². The lowest BCUT2D eigenvalue weighted by atomic mass is 10.1. The Morgan fingerprint density at radius 2 is 1.79 bits per heavy atom. The Hall–Kier alpha value is -2.09. The van der Waals surface area contributed by atoms with E-state index in [1.807, 2.05) is 0 Å². The lowest BCUT2D eigenvalue weighted by Gasteiger charge is -2.30. The first-order valence-corrected chi connectivity index (χ1v) is 10.7. The van der Waals surface area contributed by atoms with Crippen LogP contribution in [-0.2, 0) is 21.2 Å². The van der Waals surface area contributed by atoms with E-state index >= 15 is 0 Å². The van der Waals surface area contributed by atoms with Crippen molar-refractivity contribution in [3.63, 3.8) is 0 Å². The molecule has 8 heteroatoms. The SMILES string of the molecule is CN(C)S(=O)(=O)c1ccc2c(c1)CCN2C(=O)C(C)(C)Oc1ccc(Cl)cc1. The molecule has 150 valence electrons. The summed E-state index contributed by atoms with van der Waals surface area (Å²) in [5.74, 6) is 0.360. The van der Waals surface area contributed by atoms with Gasteiger partial charge in [0.05, 0.1) is 4.90 Å². The van der Waals surface area contributed by atoms with E-state index in [4.69, 9.17) is 16.3 Å². The number of hydrogen-bond donors (Lipinski definition) is 0. The number of nitrogens with zero attached hydrogens (tertiary/aromatic N) is 2. The highest BCUT2D eigenvalue weighted by molar-refractivity contribution is 7.89. The minimum absolute atomic E-state index is 0.190. The third kappa shape index (κ3) is 3.87. The average Bonchev–Trinajstić information content (AvgIpc) is 3.05. The molecule has 0 aromatic heterocycles. The van der Waals surface area contributed by atoms with Crippen LogP contribution in [0.3, 0.4) is 0 Å². The van der Waals surface area contributed by atoms with Gasteiger partial charge in [-0.25, -0.2) is 12.7 Å². The van der Waals surface area contributed by atoms with Crippen LogP contribution < -0.4 is 9.64 Å². The molecule has 0 aliphatic carbocycles. The van der Waals surface area contributed by atoms with Gasteiger partial charge in [0.1, 0.15) is 5.75 Å². The number of ether oxygens (including phenoxy) is 1. The molecule has 28 heavy (non-hydrogen) atoms. The van der Waals surface area contributed by atoms with Gasteiger partial charge >= 0.3 is 0 Å².